The number of anilines is 1. The Morgan fingerprint density at radius 3 is 2.90 bits per heavy atom. The Balaban J connectivity index is 1.64. The van der Waals surface area contributed by atoms with Gasteiger partial charge in [-0.2, -0.15) is 5.10 Å². The minimum atomic E-state index is -0.476. The van der Waals surface area contributed by atoms with Crippen LogP contribution < -0.4 is 10.6 Å². The first kappa shape index (κ1) is 19.0. The normalized spacial score (nSPS) is 15.6. The van der Waals surface area contributed by atoms with Gasteiger partial charge < -0.3 is 15.4 Å². The molecule has 0 spiro atoms. The van der Waals surface area contributed by atoms with Crippen LogP contribution in [-0.2, 0) is 10.3 Å². The molecule has 29 heavy (non-hydrogen) atoms. The van der Waals surface area contributed by atoms with Crippen LogP contribution in [0, 0.1) is 0 Å². The van der Waals surface area contributed by atoms with Crippen LogP contribution in [0.15, 0.2) is 42.9 Å². The van der Waals surface area contributed by atoms with Crippen molar-refractivity contribution in [2.45, 2.75) is 25.3 Å². The van der Waals surface area contributed by atoms with E-state index in [0.717, 1.165) is 24.4 Å². The lowest BCUT2D eigenvalue weighted by Crippen LogP contribution is -2.42. The smallest absolute Gasteiger partial charge is 0.251 e. The first-order chi connectivity index (χ1) is 14.2. The third kappa shape index (κ3) is 4.09. The van der Waals surface area contributed by atoms with Crippen molar-refractivity contribution >= 4 is 11.6 Å². The van der Waals surface area contributed by atoms with Crippen LogP contribution in [0.3, 0.4) is 0 Å². The highest BCUT2D eigenvalue weighted by Crippen LogP contribution is 2.34. The van der Waals surface area contributed by atoms with Gasteiger partial charge in [-0.15, -0.1) is 0 Å². The van der Waals surface area contributed by atoms with Gasteiger partial charge in [0.15, 0.2) is 11.6 Å². The lowest BCUT2D eigenvalue weighted by Gasteiger charge is -2.37. The zero-order chi connectivity index (χ0) is 20.1. The molecule has 1 fully saturated rings. The van der Waals surface area contributed by atoms with E-state index in [9.17, 15) is 4.79 Å². The SMILES string of the molecule is CCNC(=O)c1cccc(NC2(c3nc(-c4ccncn4)n[nH]3)CCOCC2)c1. The van der Waals surface area contributed by atoms with Crippen molar-refractivity contribution in [3.05, 3.63) is 54.2 Å². The number of aromatic nitrogens is 5. The van der Waals surface area contributed by atoms with E-state index in [2.05, 4.69) is 30.8 Å². The van der Waals surface area contributed by atoms with E-state index >= 15 is 0 Å². The molecule has 0 atom stereocenters. The quantitative estimate of drug-likeness (QED) is 0.587. The highest BCUT2D eigenvalue weighted by molar-refractivity contribution is 5.95. The number of amides is 1. The monoisotopic (exact) mass is 393 g/mol. The van der Waals surface area contributed by atoms with Gasteiger partial charge >= 0.3 is 0 Å². The van der Waals surface area contributed by atoms with Crippen LogP contribution in [-0.4, -0.2) is 50.8 Å². The summed E-state index contributed by atoms with van der Waals surface area (Å²) >= 11 is 0. The fraction of sp³-hybridized carbons (Fsp3) is 0.350. The number of benzene rings is 1. The summed E-state index contributed by atoms with van der Waals surface area (Å²) in [7, 11) is 0. The Hall–Kier alpha value is -3.33. The number of hydrogen-bond acceptors (Lipinski definition) is 7. The van der Waals surface area contributed by atoms with E-state index in [1.165, 1.54) is 6.33 Å². The van der Waals surface area contributed by atoms with Crippen LogP contribution >= 0.6 is 0 Å². The molecule has 2 aromatic heterocycles. The molecule has 9 nitrogen and oxygen atoms in total. The molecule has 0 unspecified atom stereocenters. The number of nitrogens with one attached hydrogen (secondary N) is 3. The Kier molecular flexibility index (Phi) is 5.48. The molecule has 1 amide bonds. The average molecular weight is 393 g/mol. The molecule has 3 N–H and O–H groups in total. The molecule has 1 aromatic carbocycles. The van der Waals surface area contributed by atoms with Crippen molar-refractivity contribution in [2.75, 3.05) is 25.1 Å². The second-order valence-electron chi connectivity index (χ2n) is 6.86. The van der Waals surface area contributed by atoms with Crippen LogP contribution in [0.1, 0.15) is 35.9 Å². The van der Waals surface area contributed by atoms with E-state index in [-0.39, 0.29) is 5.91 Å². The fourth-order valence-electron chi connectivity index (χ4n) is 3.43. The van der Waals surface area contributed by atoms with Crippen molar-refractivity contribution < 1.29 is 9.53 Å². The minimum absolute atomic E-state index is 0.0945. The summed E-state index contributed by atoms with van der Waals surface area (Å²) in [5.74, 6) is 1.15. The van der Waals surface area contributed by atoms with Gasteiger partial charge in [0.1, 0.15) is 17.6 Å². The molecule has 0 bridgehead atoms. The lowest BCUT2D eigenvalue weighted by molar-refractivity contribution is 0.0567. The zero-order valence-electron chi connectivity index (χ0n) is 16.2. The average Bonchev–Trinajstić information content (AvgIpc) is 3.27. The Morgan fingerprint density at radius 2 is 2.14 bits per heavy atom. The van der Waals surface area contributed by atoms with Gasteiger partial charge in [-0.1, -0.05) is 6.07 Å². The number of carbonyl (C=O) groups excluding carboxylic acids is 1. The first-order valence-electron chi connectivity index (χ1n) is 9.64. The van der Waals surface area contributed by atoms with E-state index < -0.39 is 5.54 Å². The topological polar surface area (TPSA) is 118 Å². The number of aromatic amines is 1. The number of nitrogens with zero attached hydrogens (tertiary/aromatic N) is 4. The third-order valence-electron chi connectivity index (χ3n) is 4.94. The molecular formula is C20H23N7O2. The molecule has 0 saturated carbocycles. The van der Waals surface area contributed by atoms with Crippen LogP contribution in [0.4, 0.5) is 5.69 Å². The number of hydrogen-bond donors (Lipinski definition) is 3. The van der Waals surface area contributed by atoms with E-state index in [4.69, 9.17) is 9.72 Å². The highest BCUT2D eigenvalue weighted by Gasteiger charge is 2.38. The summed E-state index contributed by atoms with van der Waals surface area (Å²) in [6, 6.07) is 9.24. The molecular weight excluding hydrogens is 370 g/mol. The Labute approximate surface area is 168 Å². The molecule has 1 aliphatic heterocycles. The maximum absolute atomic E-state index is 12.2. The number of rotatable bonds is 6. The Bertz CT molecular complexity index is 968. The van der Waals surface area contributed by atoms with E-state index in [1.807, 2.05) is 25.1 Å². The summed E-state index contributed by atoms with van der Waals surface area (Å²) < 4.78 is 5.58. The van der Waals surface area contributed by atoms with Crippen molar-refractivity contribution in [2.24, 2.45) is 0 Å². The molecule has 0 radical (unpaired) electrons. The third-order valence-corrected chi connectivity index (χ3v) is 4.94. The van der Waals surface area contributed by atoms with E-state index in [1.54, 1.807) is 18.3 Å². The summed E-state index contributed by atoms with van der Waals surface area (Å²) in [6.45, 7) is 3.69. The maximum Gasteiger partial charge on any atom is 0.251 e. The summed E-state index contributed by atoms with van der Waals surface area (Å²) in [4.78, 5) is 25.1. The van der Waals surface area contributed by atoms with Gasteiger partial charge in [0.05, 0.1) is 0 Å². The lowest BCUT2D eigenvalue weighted by atomic mass is 9.88. The summed E-state index contributed by atoms with van der Waals surface area (Å²) in [5.41, 5.74) is 1.63. The van der Waals surface area contributed by atoms with Gasteiger partial charge in [-0.3, -0.25) is 9.89 Å². The highest BCUT2D eigenvalue weighted by atomic mass is 16.5. The molecule has 4 rings (SSSR count). The van der Waals surface area contributed by atoms with Gasteiger partial charge in [0.2, 0.25) is 0 Å². The van der Waals surface area contributed by atoms with Crippen molar-refractivity contribution in [3.8, 4) is 11.5 Å². The summed E-state index contributed by atoms with van der Waals surface area (Å²) in [5, 5.41) is 13.8. The van der Waals surface area contributed by atoms with E-state index in [0.29, 0.717) is 36.8 Å². The minimum Gasteiger partial charge on any atom is -0.381 e. The van der Waals surface area contributed by atoms with Gasteiger partial charge in [-0.25, -0.2) is 15.0 Å². The first-order valence-corrected chi connectivity index (χ1v) is 9.64. The van der Waals surface area contributed by atoms with Crippen LogP contribution in [0.2, 0.25) is 0 Å². The number of carbonyl (C=O) groups is 1. The standard InChI is InChI=1S/C20H23N7O2/c1-2-22-18(28)14-4-3-5-15(12-14)25-20(7-10-29-11-8-20)19-24-17(26-27-19)16-6-9-21-13-23-16/h3-6,9,12-13,25H,2,7-8,10-11H2,1H3,(H,22,28)(H,24,26,27). The van der Waals surface area contributed by atoms with Crippen molar-refractivity contribution in [1.29, 1.82) is 0 Å². The number of H-pyrrole nitrogens is 1. The molecule has 3 heterocycles. The van der Waals surface area contributed by atoms with Crippen molar-refractivity contribution in [3.63, 3.8) is 0 Å². The van der Waals surface area contributed by atoms with Crippen LogP contribution in [0.25, 0.3) is 11.5 Å². The maximum atomic E-state index is 12.2. The molecule has 1 saturated heterocycles. The number of ether oxygens (including phenoxy) is 1. The van der Waals surface area contributed by atoms with Gasteiger partial charge in [0.25, 0.3) is 5.91 Å². The Morgan fingerprint density at radius 1 is 1.28 bits per heavy atom. The molecule has 0 aliphatic carbocycles. The summed E-state index contributed by atoms with van der Waals surface area (Å²) in [6.07, 6.45) is 4.57. The molecule has 1 aliphatic rings. The van der Waals surface area contributed by atoms with Crippen LogP contribution in [0.5, 0.6) is 0 Å². The molecule has 150 valence electrons. The second-order valence-corrected chi connectivity index (χ2v) is 6.86. The van der Waals surface area contributed by atoms with Gasteiger partial charge in [-0.05, 0) is 31.2 Å². The fourth-order valence-corrected chi connectivity index (χ4v) is 3.43. The molecule has 3 aromatic rings. The van der Waals surface area contributed by atoms with Crippen molar-refractivity contribution in [1.82, 2.24) is 30.5 Å². The predicted molar refractivity (Wildman–Crippen MR) is 107 cm³/mol. The largest absolute Gasteiger partial charge is 0.381 e. The molecule has 9 heteroatoms. The zero-order valence-corrected chi connectivity index (χ0v) is 16.2. The predicted octanol–water partition coefficient (Wildman–Crippen LogP) is 2.13. The van der Waals surface area contributed by atoms with Gasteiger partial charge in [0, 0.05) is 50.0 Å². The second kappa shape index (κ2) is 8.36.